The van der Waals surface area contributed by atoms with E-state index in [4.69, 9.17) is 26.6 Å². The van der Waals surface area contributed by atoms with Crippen LogP contribution in [0.5, 0.6) is 0 Å². The number of unbranched alkanes of at least 4 members (excludes halogenated alkanes) is 1. The molecule has 2 aromatic heterocycles. The number of halogens is 2. The van der Waals surface area contributed by atoms with E-state index in [0.717, 1.165) is 55.6 Å². The lowest BCUT2D eigenvalue weighted by molar-refractivity contribution is 0.182. The molecule has 158 valence electrons. The lowest BCUT2D eigenvalue weighted by Crippen LogP contribution is -2.34. The fourth-order valence-corrected chi connectivity index (χ4v) is 4.37. The van der Waals surface area contributed by atoms with Gasteiger partial charge in [-0.3, -0.25) is 9.99 Å². The van der Waals surface area contributed by atoms with Crippen molar-refractivity contribution in [2.75, 3.05) is 16.9 Å². The SMILES string of the molecule is CCCCN(N)c1ncc(-c2ccc(Cl)cn2)c(NC2CCC(OSBr)CC2)n1. The molecule has 0 saturated heterocycles. The first-order valence-corrected chi connectivity index (χ1v) is 12.8. The van der Waals surface area contributed by atoms with E-state index in [2.05, 4.69) is 37.0 Å². The average Bonchev–Trinajstić information content (AvgIpc) is 2.74. The molecule has 2 aromatic rings. The first-order chi connectivity index (χ1) is 14.1. The molecule has 10 heteroatoms. The van der Waals surface area contributed by atoms with Gasteiger partial charge in [-0.25, -0.2) is 10.8 Å². The van der Waals surface area contributed by atoms with Crippen molar-refractivity contribution in [1.82, 2.24) is 15.0 Å². The highest BCUT2D eigenvalue weighted by Gasteiger charge is 2.24. The summed E-state index contributed by atoms with van der Waals surface area (Å²) < 4.78 is 5.61. The van der Waals surface area contributed by atoms with Crippen LogP contribution in [-0.2, 0) is 4.18 Å². The number of anilines is 2. The molecule has 29 heavy (non-hydrogen) atoms. The predicted molar refractivity (Wildman–Crippen MR) is 124 cm³/mol. The van der Waals surface area contributed by atoms with Crippen molar-refractivity contribution in [2.24, 2.45) is 5.84 Å². The Morgan fingerprint density at radius 2 is 2.07 bits per heavy atom. The highest BCUT2D eigenvalue weighted by atomic mass is 79.9. The Morgan fingerprint density at radius 1 is 1.28 bits per heavy atom. The summed E-state index contributed by atoms with van der Waals surface area (Å²) in [5.41, 5.74) is 1.61. The van der Waals surface area contributed by atoms with Crippen LogP contribution in [0.3, 0.4) is 0 Å². The summed E-state index contributed by atoms with van der Waals surface area (Å²) in [4.78, 5) is 13.6. The average molecular weight is 502 g/mol. The van der Waals surface area contributed by atoms with Gasteiger partial charge in [-0.05, 0) is 44.2 Å². The second kappa shape index (κ2) is 11.3. The van der Waals surface area contributed by atoms with Crippen LogP contribution in [0.15, 0.2) is 24.5 Å². The van der Waals surface area contributed by atoms with E-state index in [1.54, 1.807) is 17.4 Å². The van der Waals surface area contributed by atoms with E-state index in [1.165, 1.54) is 10.5 Å². The number of hydrogen-bond acceptors (Lipinski definition) is 8. The number of nitrogens with two attached hydrogens (primary N) is 1. The van der Waals surface area contributed by atoms with E-state index in [0.29, 0.717) is 23.6 Å². The van der Waals surface area contributed by atoms with Crippen molar-refractivity contribution < 1.29 is 4.18 Å². The van der Waals surface area contributed by atoms with Gasteiger partial charge in [0.2, 0.25) is 5.95 Å². The van der Waals surface area contributed by atoms with E-state index in [-0.39, 0.29) is 6.10 Å². The van der Waals surface area contributed by atoms with Crippen molar-refractivity contribution in [2.45, 2.75) is 57.6 Å². The maximum Gasteiger partial charge on any atom is 0.241 e. The van der Waals surface area contributed by atoms with Crippen LogP contribution in [0.2, 0.25) is 5.02 Å². The summed E-state index contributed by atoms with van der Waals surface area (Å²) >= 11 is 9.26. The topological polar surface area (TPSA) is 89.2 Å². The van der Waals surface area contributed by atoms with Crippen LogP contribution < -0.4 is 16.2 Å². The number of aromatic nitrogens is 3. The molecule has 0 aromatic carbocycles. The van der Waals surface area contributed by atoms with Gasteiger partial charge in [-0.1, -0.05) is 24.9 Å². The van der Waals surface area contributed by atoms with Gasteiger partial charge in [0, 0.05) is 39.8 Å². The molecule has 0 amide bonds. The molecule has 3 rings (SSSR count). The van der Waals surface area contributed by atoms with Gasteiger partial charge in [0.05, 0.1) is 32.9 Å². The van der Waals surface area contributed by atoms with Gasteiger partial charge in [0.1, 0.15) is 5.82 Å². The molecule has 3 N–H and O–H groups in total. The molecule has 0 spiro atoms. The van der Waals surface area contributed by atoms with Gasteiger partial charge in [0.15, 0.2) is 0 Å². The third-order valence-corrected chi connectivity index (χ3v) is 6.00. The first kappa shape index (κ1) is 22.6. The number of hydrazine groups is 1. The Morgan fingerprint density at radius 3 is 2.72 bits per heavy atom. The molecule has 1 aliphatic carbocycles. The lowest BCUT2D eigenvalue weighted by atomic mass is 9.93. The summed E-state index contributed by atoms with van der Waals surface area (Å²) in [6.45, 7) is 2.84. The van der Waals surface area contributed by atoms with Crippen LogP contribution in [0.25, 0.3) is 11.3 Å². The highest BCUT2D eigenvalue weighted by Crippen LogP contribution is 2.31. The van der Waals surface area contributed by atoms with Crippen LogP contribution in [0, 0.1) is 0 Å². The molecular formula is C19H26BrClN6OS. The Kier molecular flexibility index (Phi) is 8.80. The van der Waals surface area contributed by atoms with E-state index in [1.807, 2.05) is 12.1 Å². The summed E-state index contributed by atoms with van der Waals surface area (Å²) in [5.74, 6) is 7.42. The third kappa shape index (κ3) is 6.42. The number of pyridine rings is 1. The molecule has 1 aliphatic rings. The van der Waals surface area contributed by atoms with Gasteiger partial charge in [0.25, 0.3) is 0 Å². The summed E-state index contributed by atoms with van der Waals surface area (Å²) in [6.07, 6.45) is 9.76. The Bertz CT molecular complexity index is 776. The van der Waals surface area contributed by atoms with Gasteiger partial charge in [-0.15, -0.1) is 0 Å². The smallest absolute Gasteiger partial charge is 0.241 e. The minimum absolute atomic E-state index is 0.282. The maximum atomic E-state index is 6.17. The van der Waals surface area contributed by atoms with Crippen molar-refractivity contribution in [3.05, 3.63) is 29.5 Å². The highest BCUT2D eigenvalue weighted by molar-refractivity contribution is 9.49. The van der Waals surface area contributed by atoms with Crippen molar-refractivity contribution >= 4 is 48.7 Å². The molecule has 1 fully saturated rings. The van der Waals surface area contributed by atoms with Crippen LogP contribution in [-0.4, -0.2) is 33.6 Å². The molecule has 0 aliphatic heterocycles. The van der Waals surface area contributed by atoms with Gasteiger partial charge >= 0.3 is 0 Å². The predicted octanol–water partition coefficient (Wildman–Crippen LogP) is 5.37. The van der Waals surface area contributed by atoms with Crippen LogP contribution in [0.1, 0.15) is 45.4 Å². The summed E-state index contributed by atoms with van der Waals surface area (Å²) in [7, 11) is 1.26. The Hall–Kier alpha value is -1.13. The van der Waals surface area contributed by atoms with E-state index >= 15 is 0 Å². The fourth-order valence-electron chi connectivity index (χ4n) is 3.32. The minimum Gasteiger partial charge on any atom is -0.367 e. The lowest BCUT2D eigenvalue weighted by Gasteiger charge is -2.29. The molecule has 0 bridgehead atoms. The van der Waals surface area contributed by atoms with Crippen molar-refractivity contribution in [1.29, 1.82) is 0 Å². The van der Waals surface area contributed by atoms with E-state index < -0.39 is 0 Å². The van der Waals surface area contributed by atoms with Crippen LogP contribution in [0.4, 0.5) is 11.8 Å². The zero-order valence-corrected chi connectivity index (χ0v) is 19.5. The van der Waals surface area contributed by atoms with Gasteiger partial charge < -0.3 is 9.50 Å². The monoisotopic (exact) mass is 500 g/mol. The molecule has 0 atom stereocenters. The molecule has 2 heterocycles. The summed E-state index contributed by atoms with van der Waals surface area (Å²) in [6, 6.07) is 4.01. The maximum absolute atomic E-state index is 6.17. The zero-order valence-electron chi connectivity index (χ0n) is 16.4. The second-order valence-electron chi connectivity index (χ2n) is 7.12. The third-order valence-electron chi connectivity index (χ3n) is 4.98. The van der Waals surface area contributed by atoms with Crippen molar-refractivity contribution in [3.8, 4) is 11.3 Å². The number of rotatable bonds is 9. The quantitative estimate of drug-likeness (QED) is 0.269. The summed E-state index contributed by atoms with van der Waals surface area (Å²) in [5, 5.41) is 5.79. The van der Waals surface area contributed by atoms with Gasteiger partial charge in [-0.2, -0.15) is 4.98 Å². The number of nitrogens with zero attached hydrogens (tertiary/aromatic N) is 4. The van der Waals surface area contributed by atoms with E-state index in [9.17, 15) is 0 Å². The number of hydrogen-bond donors (Lipinski definition) is 2. The first-order valence-electron chi connectivity index (χ1n) is 9.82. The number of nitrogens with one attached hydrogen (secondary N) is 1. The van der Waals surface area contributed by atoms with Crippen molar-refractivity contribution in [3.63, 3.8) is 0 Å². The fraction of sp³-hybridized carbons (Fsp3) is 0.526. The molecular weight excluding hydrogens is 476 g/mol. The molecule has 0 unspecified atom stereocenters. The molecule has 1 saturated carbocycles. The van der Waals surface area contributed by atoms with Crippen LogP contribution >= 0.6 is 36.9 Å². The largest absolute Gasteiger partial charge is 0.367 e. The standard InChI is InChI=1S/C19H26BrClN6OS/c1-2-3-10-27(22)19-24-12-16(17-9-4-13(21)11-23-17)18(26-19)25-14-5-7-15(8-6-14)28-29-20/h4,9,11-12,14-15H,2-3,5-8,10,22H2,1H3,(H,24,25,26). The molecule has 7 nitrogen and oxygen atoms in total. The Labute approximate surface area is 188 Å². The second-order valence-corrected chi connectivity index (χ2v) is 8.67. The molecule has 0 radical (unpaired) electrons. The normalized spacial score (nSPS) is 19.2. The zero-order chi connectivity index (χ0) is 20.6. The minimum atomic E-state index is 0.282. The Balaban J connectivity index is 1.81.